The molecule has 3 aromatic heterocycles. The summed E-state index contributed by atoms with van der Waals surface area (Å²) in [5.74, 6) is 2.11. The van der Waals surface area contributed by atoms with Crippen LogP contribution < -0.4 is 4.90 Å². The van der Waals surface area contributed by atoms with Crippen molar-refractivity contribution < 1.29 is 4.42 Å². The van der Waals surface area contributed by atoms with Gasteiger partial charge in [-0.05, 0) is 39.0 Å². The zero-order chi connectivity index (χ0) is 16.4. The zero-order valence-electron chi connectivity index (χ0n) is 13.8. The normalized spacial score (nSPS) is 11.0. The highest BCUT2D eigenvalue weighted by Crippen LogP contribution is 2.20. The van der Waals surface area contributed by atoms with Crippen LogP contribution in [0.25, 0.3) is 11.5 Å². The van der Waals surface area contributed by atoms with E-state index in [1.54, 1.807) is 6.20 Å². The van der Waals surface area contributed by atoms with Crippen LogP contribution in [0.2, 0.25) is 0 Å². The molecule has 0 aromatic carbocycles. The fraction of sp³-hybridized carbons (Fsp3) is 0.375. The summed E-state index contributed by atoms with van der Waals surface area (Å²) in [7, 11) is 1.94. The van der Waals surface area contributed by atoms with Gasteiger partial charge in [0.05, 0.1) is 18.4 Å². The van der Waals surface area contributed by atoms with E-state index in [-0.39, 0.29) is 0 Å². The van der Waals surface area contributed by atoms with Gasteiger partial charge < -0.3 is 9.32 Å². The summed E-state index contributed by atoms with van der Waals surface area (Å²) in [5, 5.41) is 12.6. The smallest absolute Gasteiger partial charge is 0.245 e. The maximum absolute atomic E-state index is 5.59. The Morgan fingerprint density at radius 2 is 2.04 bits per heavy atom. The third kappa shape index (κ3) is 3.39. The van der Waals surface area contributed by atoms with Crippen LogP contribution in [-0.4, -0.2) is 38.6 Å². The summed E-state index contributed by atoms with van der Waals surface area (Å²) in [6, 6.07) is 5.86. The molecule has 0 aliphatic heterocycles. The number of likely N-dealkylation sites (N-methyl/N-ethyl adjacent to an activating group) is 1. The lowest BCUT2D eigenvalue weighted by Gasteiger charge is -2.17. The molecule has 7 nitrogen and oxygen atoms in total. The molecule has 3 aromatic rings. The lowest BCUT2D eigenvalue weighted by atomic mass is 10.3. The third-order valence-electron chi connectivity index (χ3n) is 3.63. The number of rotatable bonds is 5. The second-order valence-corrected chi connectivity index (χ2v) is 5.62. The highest BCUT2D eigenvalue weighted by atomic mass is 16.3. The number of nitrogens with zero attached hydrogens (tertiary/aromatic N) is 6. The van der Waals surface area contributed by atoms with Gasteiger partial charge in [0, 0.05) is 19.3 Å². The highest BCUT2D eigenvalue weighted by molar-refractivity contribution is 5.52. The predicted octanol–water partition coefficient (Wildman–Crippen LogP) is 2.39. The van der Waals surface area contributed by atoms with Crippen molar-refractivity contribution in [1.29, 1.82) is 0 Å². The Hall–Kier alpha value is -2.70. The van der Waals surface area contributed by atoms with Crippen molar-refractivity contribution in [2.24, 2.45) is 0 Å². The van der Waals surface area contributed by atoms with E-state index < -0.39 is 0 Å². The molecule has 0 unspecified atom stereocenters. The molecule has 0 N–H and O–H groups in total. The summed E-state index contributed by atoms with van der Waals surface area (Å²) in [6.07, 6.45) is 1.61. The summed E-state index contributed by atoms with van der Waals surface area (Å²) in [4.78, 5) is 6.49. The van der Waals surface area contributed by atoms with Gasteiger partial charge in [0.1, 0.15) is 11.5 Å². The number of anilines is 1. The minimum absolute atomic E-state index is 0.568. The van der Waals surface area contributed by atoms with Crippen LogP contribution in [0, 0.1) is 20.8 Å². The van der Waals surface area contributed by atoms with Gasteiger partial charge in [-0.2, -0.15) is 10.2 Å². The predicted molar refractivity (Wildman–Crippen MR) is 87.2 cm³/mol. The van der Waals surface area contributed by atoms with Gasteiger partial charge in [0.2, 0.25) is 5.95 Å². The van der Waals surface area contributed by atoms with Crippen molar-refractivity contribution in [3.63, 3.8) is 0 Å². The molecule has 0 amide bonds. The average molecular weight is 312 g/mol. The molecular formula is C16H20N6O. The van der Waals surface area contributed by atoms with Crippen molar-refractivity contribution in [3.05, 3.63) is 41.5 Å². The van der Waals surface area contributed by atoms with E-state index in [0.29, 0.717) is 17.4 Å². The summed E-state index contributed by atoms with van der Waals surface area (Å²) >= 11 is 0. The number of aryl methyl sites for hydroxylation is 3. The Labute approximate surface area is 135 Å². The molecule has 0 saturated carbocycles. The number of hydrogen-bond donors (Lipinski definition) is 0. The summed E-state index contributed by atoms with van der Waals surface area (Å²) in [6.45, 7) is 7.46. The molecule has 120 valence electrons. The van der Waals surface area contributed by atoms with E-state index >= 15 is 0 Å². The minimum atomic E-state index is 0.568. The van der Waals surface area contributed by atoms with Crippen LogP contribution in [0.1, 0.15) is 17.1 Å². The molecule has 23 heavy (non-hydrogen) atoms. The first-order valence-corrected chi connectivity index (χ1v) is 7.51. The van der Waals surface area contributed by atoms with E-state index in [2.05, 4.69) is 33.3 Å². The van der Waals surface area contributed by atoms with Crippen molar-refractivity contribution in [2.45, 2.75) is 27.3 Å². The molecule has 7 heteroatoms. The molecular weight excluding hydrogens is 292 g/mol. The van der Waals surface area contributed by atoms with Crippen molar-refractivity contribution in [2.75, 3.05) is 18.5 Å². The number of aromatic nitrogens is 5. The van der Waals surface area contributed by atoms with Gasteiger partial charge >= 0.3 is 0 Å². The van der Waals surface area contributed by atoms with E-state index in [0.717, 1.165) is 30.2 Å². The Bertz CT molecular complexity index is 807. The quantitative estimate of drug-likeness (QED) is 0.720. The maximum atomic E-state index is 5.59. The van der Waals surface area contributed by atoms with Gasteiger partial charge in [0.15, 0.2) is 5.76 Å². The van der Waals surface area contributed by atoms with E-state index in [1.807, 2.05) is 42.6 Å². The Balaban J connectivity index is 1.72. The molecule has 0 radical (unpaired) electrons. The SMILES string of the molecule is Cc1cc(C)n(CCN(C)c2nncc(-c3ccc(C)o3)n2)n1. The Morgan fingerprint density at radius 3 is 2.70 bits per heavy atom. The molecule has 0 aliphatic carbocycles. The van der Waals surface area contributed by atoms with Crippen molar-refractivity contribution in [1.82, 2.24) is 25.0 Å². The minimum Gasteiger partial charge on any atom is -0.460 e. The van der Waals surface area contributed by atoms with Gasteiger partial charge in [-0.3, -0.25) is 4.68 Å². The molecule has 0 aliphatic rings. The topological polar surface area (TPSA) is 72.9 Å². The van der Waals surface area contributed by atoms with Crippen LogP contribution in [0.4, 0.5) is 5.95 Å². The highest BCUT2D eigenvalue weighted by Gasteiger charge is 2.11. The van der Waals surface area contributed by atoms with Crippen LogP contribution in [0.15, 0.2) is 28.8 Å². The average Bonchev–Trinajstić information content (AvgIpc) is 3.10. The Morgan fingerprint density at radius 1 is 1.22 bits per heavy atom. The molecule has 0 fully saturated rings. The van der Waals surface area contributed by atoms with Gasteiger partial charge in [-0.1, -0.05) is 0 Å². The lowest BCUT2D eigenvalue weighted by molar-refractivity contribution is 0.545. The largest absolute Gasteiger partial charge is 0.460 e. The monoisotopic (exact) mass is 312 g/mol. The Kier molecular flexibility index (Phi) is 4.10. The van der Waals surface area contributed by atoms with E-state index in [9.17, 15) is 0 Å². The zero-order valence-corrected chi connectivity index (χ0v) is 13.8. The number of furan rings is 1. The van der Waals surface area contributed by atoms with Crippen molar-refractivity contribution >= 4 is 5.95 Å². The van der Waals surface area contributed by atoms with Gasteiger partial charge in [0.25, 0.3) is 0 Å². The summed E-state index contributed by atoms with van der Waals surface area (Å²) < 4.78 is 7.57. The van der Waals surface area contributed by atoms with E-state index in [1.165, 1.54) is 0 Å². The van der Waals surface area contributed by atoms with Crippen LogP contribution >= 0.6 is 0 Å². The lowest BCUT2D eigenvalue weighted by Crippen LogP contribution is -2.25. The van der Waals surface area contributed by atoms with Crippen molar-refractivity contribution in [3.8, 4) is 11.5 Å². The maximum Gasteiger partial charge on any atom is 0.245 e. The van der Waals surface area contributed by atoms with Crippen LogP contribution in [0.3, 0.4) is 0 Å². The van der Waals surface area contributed by atoms with E-state index in [4.69, 9.17) is 4.42 Å². The second-order valence-electron chi connectivity index (χ2n) is 5.62. The fourth-order valence-electron chi connectivity index (χ4n) is 2.39. The first kappa shape index (κ1) is 15.2. The third-order valence-corrected chi connectivity index (χ3v) is 3.63. The molecule has 0 bridgehead atoms. The molecule has 0 saturated heterocycles. The molecule has 3 rings (SSSR count). The fourth-order valence-corrected chi connectivity index (χ4v) is 2.39. The number of hydrogen-bond acceptors (Lipinski definition) is 6. The van der Waals surface area contributed by atoms with Crippen LogP contribution in [-0.2, 0) is 6.54 Å². The molecule has 3 heterocycles. The molecule has 0 spiro atoms. The standard InChI is InChI=1S/C16H20N6O/c1-11-9-12(2)22(20-11)8-7-21(4)16-18-14(10-17-19-16)15-6-5-13(3)23-15/h5-6,9-10H,7-8H2,1-4H3. The first-order chi connectivity index (χ1) is 11.0. The second kappa shape index (κ2) is 6.20. The van der Waals surface area contributed by atoms with Crippen LogP contribution in [0.5, 0.6) is 0 Å². The van der Waals surface area contributed by atoms with Gasteiger partial charge in [-0.15, -0.1) is 5.10 Å². The summed E-state index contributed by atoms with van der Waals surface area (Å²) in [5.41, 5.74) is 2.86. The first-order valence-electron chi connectivity index (χ1n) is 7.51. The molecule has 0 atom stereocenters. The van der Waals surface area contributed by atoms with Gasteiger partial charge in [-0.25, -0.2) is 4.98 Å².